The maximum atomic E-state index is 10.8. The SMILES string of the molecule is COc1ccc(N(C)c2nc(NCCNC(N)=O)nc3ccc(OC)cc23)cc1. The van der Waals surface area contributed by atoms with Gasteiger partial charge in [-0.1, -0.05) is 0 Å². The highest BCUT2D eigenvalue weighted by atomic mass is 16.5. The molecule has 2 amide bonds. The third kappa shape index (κ3) is 4.75. The molecule has 3 aromatic rings. The number of primary amides is 1. The van der Waals surface area contributed by atoms with Gasteiger partial charge in [0.25, 0.3) is 0 Å². The minimum absolute atomic E-state index is 0.364. The molecule has 0 atom stereocenters. The number of hydrogen-bond acceptors (Lipinski definition) is 7. The van der Waals surface area contributed by atoms with Crippen molar-refractivity contribution in [3.63, 3.8) is 0 Å². The third-order valence-corrected chi connectivity index (χ3v) is 4.37. The molecule has 0 aliphatic heterocycles. The number of methoxy groups -OCH3 is 2. The summed E-state index contributed by atoms with van der Waals surface area (Å²) in [6.07, 6.45) is 0. The predicted molar refractivity (Wildman–Crippen MR) is 113 cm³/mol. The van der Waals surface area contributed by atoms with Gasteiger partial charge in [0.2, 0.25) is 5.95 Å². The number of ether oxygens (including phenoxy) is 2. The molecule has 0 aliphatic rings. The molecule has 0 saturated heterocycles. The summed E-state index contributed by atoms with van der Waals surface area (Å²) >= 11 is 0. The van der Waals surface area contributed by atoms with Gasteiger partial charge in [0.15, 0.2) is 0 Å². The lowest BCUT2D eigenvalue weighted by Crippen LogP contribution is -2.33. The minimum Gasteiger partial charge on any atom is -0.497 e. The lowest BCUT2D eigenvalue weighted by atomic mass is 10.2. The van der Waals surface area contributed by atoms with Crippen molar-refractivity contribution in [1.29, 1.82) is 0 Å². The van der Waals surface area contributed by atoms with Crippen LogP contribution in [0.2, 0.25) is 0 Å². The Hall–Kier alpha value is -3.75. The Bertz CT molecular complexity index is 993. The van der Waals surface area contributed by atoms with Gasteiger partial charge in [-0.25, -0.2) is 9.78 Å². The number of anilines is 3. The number of nitrogens with two attached hydrogens (primary N) is 1. The van der Waals surface area contributed by atoms with Crippen molar-refractivity contribution in [2.75, 3.05) is 44.6 Å². The monoisotopic (exact) mass is 396 g/mol. The van der Waals surface area contributed by atoms with E-state index >= 15 is 0 Å². The first-order chi connectivity index (χ1) is 14.0. The van der Waals surface area contributed by atoms with Crippen molar-refractivity contribution in [3.8, 4) is 11.5 Å². The number of amides is 2. The first-order valence-electron chi connectivity index (χ1n) is 9.02. The summed E-state index contributed by atoms with van der Waals surface area (Å²) in [7, 11) is 5.19. The van der Waals surface area contributed by atoms with E-state index in [0.29, 0.717) is 24.9 Å². The topological polar surface area (TPSA) is 115 Å². The van der Waals surface area contributed by atoms with E-state index < -0.39 is 6.03 Å². The number of carbonyl (C=O) groups is 1. The van der Waals surface area contributed by atoms with Gasteiger partial charge in [0, 0.05) is 31.2 Å². The molecular weight excluding hydrogens is 372 g/mol. The largest absolute Gasteiger partial charge is 0.497 e. The molecule has 0 radical (unpaired) electrons. The molecule has 4 N–H and O–H groups in total. The number of hydrogen-bond donors (Lipinski definition) is 3. The summed E-state index contributed by atoms with van der Waals surface area (Å²) in [5, 5.41) is 6.49. The molecule has 9 heteroatoms. The molecule has 0 unspecified atom stereocenters. The van der Waals surface area contributed by atoms with E-state index in [-0.39, 0.29) is 0 Å². The first kappa shape index (κ1) is 20.0. The summed E-state index contributed by atoms with van der Waals surface area (Å²) in [6, 6.07) is 12.8. The van der Waals surface area contributed by atoms with Crippen LogP contribution in [0, 0.1) is 0 Å². The van der Waals surface area contributed by atoms with E-state index in [1.807, 2.05) is 54.4 Å². The van der Waals surface area contributed by atoms with E-state index in [1.54, 1.807) is 14.2 Å². The standard InChI is InChI=1S/C20H24N6O3/c1-26(13-4-6-14(28-2)7-5-13)18-16-12-15(29-3)8-9-17(16)24-20(25-18)23-11-10-22-19(21)27/h4-9,12H,10-11H2,1-3H3,(H3,21,22,27)(H,23,24,25). The van der Waals surface area contributed by atoms with Crippen LogP contribution < -0.4 is 30.7 Å². The molecule has 0 fully saturated rings. The van der Waals surface area contributed by atoms with Crippen LogP contribution >= 0.6 is 0 Å². The quantitative estimate of drug-likeness (QED) is 0.501. The Kier molecular flexibility index (Phi) is 6.18. The van der Waals surface area contributed by atoms with E-state index in [9.17, 15) is 4.79 Å². The Morgan fingerprint density at radius 3 is 2.38 bits per heavy atom. The fourth-order valence-electron chi connectivity index (χ4n) is 2.84. The Morgan fingerprint density at radius 2 is 1.72 bits per heavy atom. The van der Waals surface area contributed by atoms with Crippen molar-refractivity contribution in [2.45, 2.75) is 0 Å². The number of aromatic nitrogens is 2. The molecule has 1 heterocycles. The molecule has 0 bridgehead atoms. The highest BCUT2D eigenvalue weighted by molar-refractivity contribution is 5.93. The van der Waals surface area contributed by atoms with Crippen molar-refractivity contribution >= 4 is 34.4 Å². The molecule has 3 rings (SSSR count). The molecule has 0 spiro atoms. The molecule has 29 heavy (non-hydrogen) atoms. The number of urea groups is 1. The van der Waals surface area contributed by atoms with E-state index in [1.165, 1.54) is 0 Å². The smallest absolute Gasteiger partial charge is 0.312 e. The Morgan fingerprint density at radius 1 is 1.03 bits per heavy atom. The number of carbonyl (C=O) groups excluding carboxylic acids is 1. The van der Waals surface area contributed by atoms with Crippen LogP contribution in [0.15, 0.2) is 42.5 Å². The summed E-state index contributed by atoms with van der Waals surface area (Å²) in [6.45, 7) is 0.805. The van der Waals surface area contributed by atoms with Gasteiger partial charge in [-0.3, -0.25) is 0 Å². The fraction of sp³-hybridized carbons (Fsp3) is 0.250. The summed E-state index contributed by atoms with van der Waals surface area (Å²) in [5.41, 5.74) is 6.79. The van der Waals surface area contributed by atoms with Crippen LogP contribution in [0.1, 0.15) is 0 Å². The highest BCUT2D eigenvalue weighted by Gasteiger charge is 2.14. The van der Waals surface area contributed by atoms with Gasteiger partial charge in [-0.15, -0.1) is 0 Å². The first-order valence-corrected chi connectivity index (χ1v) is 9.02. The van der Waals surface area contributed by atoms with E-state index in [2.05, 4.69) is 20.6 Å². The number of nitrogens with zero attached hydrogens (tertiary/aromatic N) is 3. The van der Waals surface area contributed by atoms with Crippen molar-refractivity contribution in [1.82, 2.24) is 15.3 Å². The van der Waals surface area contributed by atoms with Crippen LogP contribution in [0.25, 0.3) is 10.9 Å². The highest BCUT2D eigenvalue weighted by Crippen LogP contribution is 2.32. The van der Waals surface area contributed by atoms with Crippen molar-refractivity contribution in [3.05, 3.63) is 42.5 Å². The lowest BCUT2D eigenvalue weighted by Gasteiger charge is -2.21. The zero-order valence-electron chi connectivity index (χ0n) is 16.6. The summed E-state index contributed by atoms with van der Waals surface area (Å²) < 4.78 is 10.6. The predicted octanol–water partition coefficient (Wildman–Crippen LogP) is 2.50. The molecule has 152 valence electrons. The second-order valence-corrected chi connectivity index (χ2v) is 6.23. The molecule has 1 aromatic heterocycles. The van der Waals surface area contributed by atoms with Crippen LogP contribution in [0.4, 0.5) is 22.2 Å². The number of rotatable bonds is 8. The van der Waals surface area contributed by atoms with Crippen molar-refractivity contribution < 1.29 is 14.3 Å². The normalized spacial score (nSPS) is 10.4. The molecule has 9 nitrogen and oxygen atoms in total. The number of nitrogens with one attached hydrogen (secondary N) is 2. The van der Waals surface area contributed by atoms with Gasteiger partial charge in [0.05, 0.1) is 19.7 Å². The summed E-state index contributed by atoms with van der Waals surface area (Å²) in [4.78, 5) is 22.0. The minimum atomic E-state index is -0.571. The van der Waals surface area contributed by atoms with Crippen LogP contribution in [0.3, 0.4) is 0 Å². The van der Waals surface area contributed by atoms with Gasteiger partial charge in [-0.05, 0) is 42.5 Å². The lowest BCUT2D eigenvalue weighted by molar-refractivity contribution is 0.249. The van der Waals surface area contributed by atoms with Crippen LogP contribution in [-0.4, -0.2) is 50.4 Å². The van der Waals surface area contributed by atoms with Gasteiger partial charge >= 0.3 is 6.03 Å². The van der Waals surface area contributed by atoms with Gasteiger partial charge in [0.1, 0.15) is 17.3 Å². The molecule has 0 saturated carbocycles. The number of fused-ring (bicyclic) bond motifs is 1. The fourth-order valence-corrected chi connectivity index (χ4v) is 2.84. The number of benzene rings is 2. The second-order valence-electron chi connectivity index (χ2n) is 6.23. The molecular formula is C20H24N6O3. The zero-order valence-corrected chi connectivity index (χ0v) is 16.6. The van der Waals surface area contributed by atoms with Crippen molar-refractivity contribution in [2.24, 2.45) is 5.73 Å². The Labute approximate surface area is 168 Å². The zero-order chi connectivity index (χ0) is 20.8. The second kappa shape index (κ2) is 8.96. The summed E-state index contributed by atoms with van der Waals surface area (Å²) in [5.74, 6) is 2.66. The van der Waals surface area contributed by atoms with E-state index in [0.717, 1.165) is 28.1 Å². The third-order valence-electron chi connectivity index (χ3n) is 4.37. The van der Waals surface area contributed by atoms with Crippen LogP contribution in [-0.2, 0) is 0 Å². The maximum Gasteiger partial charge on any atom is 0.312 e. The molecule has 0 aliphatic carbocycles. The van der Waals surface area contributed by atoms with Crippen LogP contribution in [0.5, 0.6) is 11.5 Å². The average molecular weight is 396 g/mol. The Balaban J connectivity index is 1.97. The van der Waals surface area contributed by atoms with Gasteiger partial charge in [-0.2, -0.15) is 4.98 Å². The van der Waals surface area contributed by atoms with E-state index in [4.69, 9.17) is 15.2 Å². The van der Waals surface area contributed by atoms with Gasteiger partial charge < -0.3 is 30.7 Å². The average Bonchev–Trinajstić information content (AvgIpc) is 2.75. The molecule has 2 aromatic carbocycles. The maximum absolute atomic E-state index is 10.8.